The summed E-state index contributed by atoms with van der Waals surface area (Å²) in [6.07, 6.45) is 6.53. The number of halogens is 1. The zero-order valence-corrected chi connectivity index (χ0v) is 15.3. The van der Waals surface area contributed by atoms with Crippen molar-refractivity contribution in [3.63, 3.8) is 0 Å². The molecule has 140 valence electrons. The van der Waals surface area contributed by atoms with Crippen LogP contribution in [0.1, 0.15) is 0 Å². The van der Waals surface area contributed by atoms with Crippen LogP contribution in [0, 0.1) is 5.82 Å². The van der Waals surface area contributed by atoms with Crippen molar-refractivity contribution in [1.29, 1.82) is 0 Å². The lowest BCUT2D eigenvalue weighted by Crippen LogP contribution is -2.23. The van der Waals surface area contributed by atoms with E-state index in [0.29, 0.717) is 16.9 Å². The Bertz CT molecular complexity index is 1210. The van der Waals surface area contributed by atoms with E-state index in [1.54, 1.807) is 30.9 Å². The molecule has 7 nitrogen and oxygen atoms in total. The highest BCUT2D eigenvalue weighted by molar-refractivity contribution is 5.80. The Morgan fingerprint density at radius 2 is 1.93 bits per heavy atom. The minimum atomic E-state index is -0.494. The van der Waals surface area contributed by atoms with E-state index in [0.717, 1.165) is 5.69 Å². The van der Waals surface area contributed by atoms with Gasteiger partial charge < -0.3 is 10.2 Å². The molecule has 4 aromatic rings. The van der Waals surface area contributed by atoms with Crippen molar-refractivity contribution in [3.8, 4) is 5.69 Å². The number of rotatable bonds is 4. The molecule has 0 amide bonds. The molecular weight excluding hydrogens is 359 g/mol. The number of pyridine rings is 2. The van der Waals surface area contributed by atoms with E-state index in [4.69, 9.17) is 0 Å². The Morgan fingerprint density at radius 1 is 1.07 bits per heavy atom. The van der Waals surface area contributed by atoms with Gasteiger partial charge in [-0.25, -0.2) is 13.9 Å². The maximum absolute atomic E-state index is 13.7. The molecule has 0 saturated carbocycles. The molecule has 0 aliphatic carbocycles. The summed E-state index contributed by atoms with van der Waals surface area (Å²) in [7, 11) is 3.76. The van der Waals surface area contributed by atoms with Crippen LogP contribution < -0.4 is 15.8 Å². The van der Waals surface area contributed by atoms with Gasteiger partial charge in [-0.05, 0) is 36.4 Å². The van der Waals surface area contributed by atoms with Crippen LogP contribution in [0.3, 0.4) is 0 Å². The number of fused-ring (bicyclic) bond motifs is 1. The van der Waals surface area contributed by atoms with Crippen LogP contribution in [-0.2, 0) is 0 Å². The molecule has 0 fully saturated rings. The lowest BCUT2D eigenvalue weighted by atomic mass is 10.2. The maximum atomic E-state index is 13.7. The second-order valence-electron chi connectivity index (χ2n) is 6.40. The van der Waals surface area contributed by atoms with Crippen molar-refractivity contribution in [2.24, 2.45) is 0 Å². The molecule has 0 aliphatic rings. The number of nitrogens with one attached hydrogen (secondary N) is 1. The normalized spacial score (nSPS) is 10.8. The molecule has 0 radical (unpaired) electrons. The third-order valence-electron chi connectivity index (χ3n) is 4.23. The molecule has 0 unspecified atom stereocenters. The molecule has 0 atom stereocenters. The molecule has 0 aliphatic heterocycles. The summed E-state index contributed by atoms with van der Waals surface area (Å²) in [6.45, 7) is 0. The Labute approximate surface area is 160 Å². The van der Waals surface area contributed by atoms with Gasteiger partial charge in [-0.3, -0.25) is 14.8 Å². The van der Waals surface area contributed by atoms with Crippen molar-refractivity contribution >= 4 is 28.2 Å². The summed E-state index contributed by atoms with van der Waals surface area (Å²) < 4.78 is 15.1. The van der Waals surface area contributed by atoms with E-state index in [2.05, 4.69) is 20.3 Å². The average molecular weight is 376 g/mol. The molecule has 8 heteroatoms. The van der Waals surface area contributed by atoms with Crippen molar-refractivity contribution in [1.82, 2.24) is 19.5 Å². The van der Waals surface area contributed by atoms with Gasteiger partial charge in [-0.1, -0.05) is 0 Å². The van der Waals surface area contributed by atoms with Gasteiger partial charge in [0.15, 0.2) is 0 Å². The Morgan fingerprint density at radius 3 is 2.68 bits per heavy atom. The van der Waals surface area contributed by atoms with Crippen LogP contribution in [0.5, 0.6) is 0 Å². The zero-order valence-electron chi connectivity index (χ0n) is 15.3. The van der Waals surface area contributed by atoms with Crippen LogP contribution >= 0.6 is 0 Å². The fraction of sp³-hybridized carbons (Fsp3) is 0.100. The summed E-state index contributed by atoms with van der Waals surface area (Å²) in [5, 5.41) is 3.31. The Hall–Kier alpha value is -3.81. The van der Waals surface area contributed by atoms with Crippen molar-refractivity contribution in [3.05, 3.63) is 77.4 Å². The van der Waals surface area contributed by atoms with Crippen molar-refractivity contribution in [2.75, 3.05) is 24.3 Å². The number of nitrogens with zero attached hydrogens (tertiary/aromatic N) is 5. The molecule has 3 heterocycles. The Kier molecular flexibility index (Phi) is 4.44. The van der Waals surface area contributed by atoms with Crippen molar-refractivity contribution in [2.45, 2.75) is 0 Å². The number of hydrogen-bond donors (Lipinski definition) is 1. The van der Waals surface area contributed by atoms with E-state index in [-0.39, 0.29) is 11.3 Å². The maximum Gasteiger partial charge on any atom is 0.267 e. The van der Waals surface area contributed by atoms with Gasteiger partial charge in [0, 0.05) is 20.3 Å². The second kappa shape index (κ2) is 7.07. The largest absolute Gasteiger partial charge is 0.376 e. The first-order valence-electron chi connectivity index (χ1n) is 8.55. The van der Waals surface area contributed by atoms with Crippen LogP contribution in [0.25, 0.3) is 16.6 Å². The minimum absolute atomic E-state index is 0.187. The molecule has 0 spiro atoms. The standard InChI is InChI=1S/C20H17FN6O/c1-26(2)15-9-16(12-23-11-15)27-19(28)17-8-13(21)5-6-18(17)25-20(27)24-14-4-3-7-22-10-14/h3-12H,1-2H3,(H,24,25). The van der Waals surface area contributed by atoms with Crippen LogP contribution in [0.2, 0.25) is 0 Å². The third-order valence-corrected chi connectivity index (χ3v) is 4.23. The lowest BCUT2D eigenvalue weighted by molar-refractivity contribution is 0.629. The summed E-state index contributed by atoms with van der Waals surface area (Å²) in [5.41, 5.74) is 2.00. The molecule has 1 aromatic carbocycles. The predicted octanol–water partition coefficient (Wildman–Crippen LogP) is 3.12. The van der Waals surface area contributed by atoms with Gasteiger partial charge in [0.25, 0.3) is 5.56 Å². The predicted molar refractivity (Wildman–Crippen MR) is 107 cm³/mol. The van der Waals surface area contributed by atoms with E-state index < -0.39 is 11.4 Å². The highest BCUT2D eigenvalue weighted by Gasteiger charge is 2.15. The highest BCUT2D eigenvalue weighted by Crippen LogP contribution is 2.22. The highest BCUT2D eigenvalue weighted by atomic mass is 19.1. The molecule has 0 saturated heterocycles. The van der Waals surface area contributed by atoms with Gasteiger partial charge in [0.1, 0.15) is 5.82 Å². The van der Waals surface area contributed by atoms with E-state index in [1.807, 2.05) is 31.1 Å². The molecule has 0 bridgehead atoms. The smallest absolute Gasteiger partial charge is 0.267 e. The summed E-state index contributed by atoms with van der Waals surface area (Å²) in [4.78, 5) is 27.9. The van der Waals surface area contributed by atoms with Gasteiger partial charge in [0.2, 0.25) is 5.95 Å². The molecular formula is C20H17FN6O. The first kappa shape index (κ1) is 17.6. The third kappa shape index (κ3) is 3.27. The van der Waals surface area contributed by atoms with Gasteiger partial charge in [0.05, 0.1) is 46.6 Å². The number of benzene rings is 1. The van der Waals surface area contributed by atoms with E-state index >= 15 is 0 Å². The number of anilines is 3. The SMILES string of the molecule is CN(C)c1cncc(-n2c(Nc3cccnc3)nc3ccc(F)cc3c2=O)c1. The number of hydrogen-bond acceptors (Lipinski definition) is 6. The fourth-order valence-electron chi connectivity index (χ4n) is 2.83. The topological polar surface area (TPSA) is 75.9 Å². The van der Waals surface area contributed by atoms with E-state index in [9.17, 15) is 9.18 Å². The molecule has 28 heavy (non-hydrogen) atoms. The summed E-state index contributed by atoms with van der Waals surface area (Å²) >= 11 is 0. The fourth-order valence-corrected chi connectivity index (χ4v) is 2.83. The van der Waals surface area contributed by atoms with Crippen LogP contribution in [0.15, 0.2) is 66.0 Å². The first-order chi connectivity index (χ1) is 13.5. The van der Waals surface area contributed by atoms with Gasteiger partial charge in [-0.15, -0.1) is 0 Å². The lowest BCUT2D eigenvalue weighted by Gasteiger charge is -2.17. The molecule has 1 N–H and O–H groups in total. The van der Waals surface area contributed by atoms with Gasteiger partial charge >= 0.3 is 0 Å². The van der Waals surface area contributed by atoms with Crippen molar-refractivity contribution < 1.29 is 4.39 Å². The monoisotopic (exact) mass is 376 g/mol. The van der Waals surface area contributed by atoms with Crippen LogP contribution in [0.4, 0.5) is 21.7 Å². The second-order valence-corrected chi connectivity index (χ2v) is 6.40. The Balaban J connectivity index is 1.98. The molecule has 4 rings (SSSR count). The van der Waals surface area contributed by atoms with Gasteiger partial charge in [-0.2, -0.15) is 0 Å². The van der Waals surface area contributed by atoms with E-state index in [1.165, 1.54) is 22.8 Å². The number of aromatic nitrogens is 4. The summed E-state index contributed by atoms with van der Waals surface area (Å²) in [6, 6.07) is 9.36. The minimum Gasteiger partial charge on any atom is -0.376 e. The quantitative estimate of drug-likeness (QED) is 0.590. The van der Waals surface area contributed by atoms with Crippen LogP contribution in [-0.4, -0.2) is 33.6 Å². The zero-order chi connectivity index (χ0) is 19.7. The first-order valence-corrected chi connectivity index (χ1v) is 8.55. The molecule has 3 aromatic heterocycles. The summed E-state index contributed by atoms with van der Waals surface area (Å²) in [5.74, 6) is -0.207. The average Bonchev–Trinajstić information content (AvgIpc) is 2.70.